The molecule has 0 radical (unpaired) electrons. The van der Waals surface area contributed by atoms with Crippen LogP contribution in [0.5, 0.6) is 0 Å². The molecule has 4 heteroatoms. The Morgan fingerprint density at radius 1 is 1.18 bits per heavy atom. The van der Waals surface area contributed by atoms with Crippen LogP contribution in [0.4, 0.5) is 0 Å². The van der Waals surface area contributed by atoms with Gasteiger partial charge in [0.25, 0.3) is 0 Å². The summed E-state index contributed by atoms with van der Waals surface area (Å²) in [5.74, 6) is 0. The summed E-state index contributed by atoms with van der Waals surface area (Å²) in [6, 6.07) is 7.10. The third kappa shape index (κ3) is 3.53. The maximum absolute atomic E-state index is 3.57. The molecule has 0 saturated carbocycles. The highest BCUT2D eigenvalue weighted by Crippen LogP contribution is 2.29. The summed E-state index contributed by atoms with van der Waals surface area (Å²) in [6.45, 7) is 6.75. The van der Waals surface area contributed by atoms with E-state index in [9.17, 15) is 0 Å². The second kappa shape index (κ2) is 6.32. The maximum Gasteiger partial charge on any atom is 0.0347 e. The lowest BCUT2D eigenvalue weighted by Gasteiger charge is -2.34. The van der Waals surface area contributed by atoms with Gasteiger partial charge in [0.15, 0.2) is 0 Å². The van der Waals surface area contributed by atoms with Gasteiger partial charge in [0.2, 0.25) is 0 Å². The first-order valence-electron chi connectivity index (χ1n) is 6.11. The maximum atomic E-state index is 3.57. The third-order valence-corrected chi connectivity index (χ3v) is 4.16. The highest BCUT2D eigenvalue weighted by Gasteiger charge is 2.20. The van der Waals surface area contributed by atoms with Crippen molar-refractivity contribution in [2.24, 2.45) is 0 Å². The molecule has 94 valence electrons. The van der Waals surface area contributed by atoms with Gasteiger partial charge in [-0.15, -0.1) is 0 Å². The first-order valence-corrected chi connectivity index (χ1v) is 7.70. The SMILES string of the molecule is CC[C@@H](c1cc(Br)cc(Br)c1)N1CCNCC1. The number of halogens is 2. The van der Waals surface area contributed by atoms with Crippen LogP contribution in [-0.2, 0) is 0 Å². The average Bonchev–Trinajstić information content (AvgIpc) is 2.30. The molecule has 1 aliphatic heterocycles. The van der Waals surface area contributed by atoms with Crippen LogP contribution in [0.25, 0.3) is 0 Å². The van der Waals surface area contributed by atoms with Crippen LogP contribution in [0.3, 0.4) is 0 Å². The monoisotopic (exact) mass is 360 g/mol. The van der Waals surface area contributed by atoms with Gasteiger partial charge in [-0.05, 0) is 30.2 Å². The number of hydrogen-bond donors (Lipinski definition) is 1. The number of piperazine rings is 1. The van der Waals surface area contributed by atoms with Crippen molar-refractivity contribution in [1.82, 2.24) is 10.2 Å². The minimum atomic E-state index is 0.533. The van der Waals surface area contributed by atoms with E-state index in [1.165, 1.54) is 5.56 Å². The van der Waals surface area contributed by atoms with Gasteiger partial charge < -0.3 is 5.32 Å². The topological polar surface area (TPSA) is 15.3 Å². The zero-order valence-electron chi connectivity index (χ0n) is 10.0. The summed E-state index contributed by atoms with van der Waals surface area (Å²) in [5.41, 5.74) is 1.40. The van der Waals surface area contributed by atoms with E-state index in [1.54, 1.807) is 0 Å². The quantitative estimate of drug-likeness (QED) is 0.885. The van der Waals surface area contributed by atoms with Gasteiger partial charge in [-0.25, -0.2) is 0 Å². The van der Waals surface area contributed by atoms with Gasteiger partial charge in [0, 0.05) is 41.2 Å². The number of nitrogens with one attached hydrogen (secondary N) is 1. The van der Waals surface area contributed by atoms with E-state index >= 15 is 0 Å². The predicted octanol–water partition coefficient (Wildman–Crippen LogP) is 3.57. The van der Waals surface area contributed by atoms with Gasteiger partial charge in [-0.2, -0.15) is 0 Å². The summed E-state index contributed by atoms with van der Waals surface area (Å²) in [5, 5.41) is 3.41. The molecule has 1 aromatic rings. The highest BCUT2D eigenvalue weighted by molar-refractivity contribution is 9.11. The van der Waals surface area contributed by atoms with Crippen LogP contribution in [0.1, 0.15) is 24.9 Å². The van der Waals surface area contributed by atoms with Gasteiger partial charge in [0.1, 0.15) is 0 Å². The molecule has 0 aromatic heterocycles. The van der Waals surface area contributed by atoms with Crippen LogP contribution < -0.4 is 5.32 Å². The molecule has 1 atom stereocenters. The van der Waals surface area contributed by atoms with Crippen molar-refractivity contribution < 1.29 is 0 Å². The smallest absolute Gasteiger partial charge is 0.0347 e. The van der Waals surface area contributed by atoms with Crippen LogP contribution in [0.2, 0.25) is 0 Å². The number of hydrogen-bond acceptors (Lipinski definition) is 2. The zero-order chi connectivity index (χ0) is 12.3. The molecule has 1 N–H and O–H groups in total. The van der Waals surface area contributed by atoms with Crippen molar-refractivity contribution in [3.63, 3.8) is 0 Å². The Bertz CT molecular complexity index is 355. The van der Waals surface area contributed by atoms with Gasteiger partial charge in [0.05, 0.1) is 0 Å². The molecule has 0 bridgehead atoms. The lowest BCUT2D eigenvalue weighted by molar-refractivity contribution is 0.169. The fourth-order valence-corrected chi connectivity index (χ4v) is 3.80. The highest BCUT2D eigenvalue weighted by atomic mass is 79.9. The van der Waals surface area contributed by atoms with E-state index in [1.807, 2.05) is 0 Å². The van der Waals surface area contributed by atoms with Crippen LogP contribution in [-0.4, -0.2) is 31.1 Å². The summed E-state index contributed by atoms with van der Waals surface area (Å²) < 4.78 is 2.30. The molecular formula is C13H18Br2N2. The molecule has 1 aromatic carbocycles. The van der Waals surface area contributed by atoms with E-state index in [4.69, 9.17) is 0 Å². The Hall–Kier alpha value is 0.1000. The van der Waals surface area contributed by atoms with E-state index < -0.39 is 0 Å². The largest absolute Gasteiger partial charge is 0.314 e. The summed E-state index contributed by atoms with van der Waals surface area (Å²) in [4.78, 5) is 2.57. The van der Waals surface area contributed by atoms with E-state index in [0.717, 1.165) is 41.5 Å². The van der Waals surface area contributed by atoms with Crippen LogP contribution >= 0.6 is 31.9 Å². The fourth-order valence-electron chi connectivity index (χ4n) is 2.47. The molecule has 1 aliphatic rings. The number of nitrogens with zero attached hydrogens (tertiary/aromatic N) is 1. The first kappa shape index (κ1) is 13.5. The lowest BCUT2D eigenvalue weighted by atomic mass is 10.0. The van der Waals surface area contributed by atoms with Gasteiger partial charge in [-0.3, -0.25) is 4.90 Å². The molecule has 0 unspecified atom stereocenters. The molecule has 0 spiro atoms. The molecular weight excluding hydrogens is 344 g/mol. The van der Waals surface area contributed by atoms with Crippen LogP contribution in [0, 0.1) is 0 Å². The number of rotatable bonds is 3. The lowest BCUT2D eigenvalue weighted by Crippen LogP contribution is -2.45. The summed E-state index contributed by atoms with van der Waals surface area (Å²) in [6.07, 6.45) is 1.16. The molecule has 1 saturated heterocycles. The molecule has 17 heavy (non-hydrogen) atoms. The van der Waals surface area contributed by atoms with Gasteiger partial charge >= 0.3 is 0 Å². The second-order valence-corrected chi connectivity index (χ2v) is 6.24. The second-order valence-electron chi connectivity index (χ2n) is 4.41. The minimum Gasteiger partial charge on any atom is -0.314 e. The fraction of sp³-hybridized carbons (Fsp3) is 0.538. The van der Waals surface area contributed by atoms with Crippen molar-refractivity contribution in [2.45, 2.75) is 19.4 Å². The summed E-state index contributed by atoms with van der Waals surface area (Å²) >= 11 is 7.15. The Morgan fingerprint density at radius 3 is 2.29 bits per heavy atom. The first-order chi connectivity index (χ1) is 8.20. The molecule has 1 fully saturated rings. The molecule has 0 aliphatic carbocycles. The standard InChI is InChI=1S/C13H18Br2N2/c1-2-13(17-5-3-16-4-6-17)10-7-11(14)9-12(15)8-10/h7-9,13,16H,2-6H2,1H3/t13-/m0/s1. The van der Waals surface area contributed by atoms with E-state index in [2.05, 4.69) is 67.2 Å². The zero-order valence-corrected chi connectivity index (χ0v) is 13.2. The third-order valence-electron chi connectivity index (χ3n) is 3.25. The average molecular weight is 362 g/mol. The minimum absolute atomic E-state index is 0.533. The predicted molar refractivity (Wildman–Crippen MR) is 79.3 cm³/mol. The van der Waals surface area contributed by atoms with E-state index in [-0.39, 0.29) is 0 Å². The Kier molecular flexibility index (Phi) is 5.03. The van der Waals surface area contributed by atoms with Crippen molar-refractivity contribution in [3.8, 4) is 0 Å². The van der Waals surface area contributed by atoms with Crippen molar-refractivity contribution in [3.05, 3.63) is 32.7 Å². The van der Waals surface area contributed by atoms with Crippen LogP contribution in [0.15, 0.2) is 27.1 Å². The summed E-state index contributed by atoms with van der Waals surface area (Å²) in [7, 11) is 0. The Morgan fingerprint density at radius 2 is 1.76 bits per heavy atom. The Balaban J connectivity index is 2.21. The van der Waals surface area contributed by atoms with Crippen molar-refractivity contribution in [2.75, 3.05) is 26.2 Å². The molecule has 0 amide bonds. The Labute approximate surface area is 120 Å². The van der Waals surface area contributed by atoms with E-state index in [0.29, 0.717) is 6.04 Å². The number of benzene rings is 1. The molecule has 1 heterocycles. The van der Waals surface area contributed by atoms with Crippen molar-refractivity contribution >= 4 is 31.9 Å². The van der Waals surface area contributed by atoms with Crippen molar-refractivity contribution in [1.29, 1.82) is 0 Å². The molecule has 2 nitrogen and oxygen atoms in total. The van der Waals surface area contributed by atoms with Gasteiger partial charge in [-0.1, -0.05) is 38.8 Å². The molecule has 2 rings (SSSR count). The normalized spacial score (nSPS) is 19.2.